The van der Waals surface area contributed by atoms with Gasteiger partial charge in [0.15, 0.2) is 6.29 Å². The maximum Gasteiger partial charge on any atom is 0.305 e. The highest BCUT2D eigenvalue weighted by Gasteiger charge is 2.44. The minimum atomic E-state index is -1.58. The molecule has 0 aromatic rings. The van der Waals surface area contributed by atoms with Gasteiger partial charge < -0.3 is 45.1 Å². The van der Waals surface area contributed by atoms with Crippen LogP contribution in [-0.4, -0.2) is 100 Å². The van der Waals surface area contributed by atoms with Crippen molar-refractivity contribution in [3.05, 3.63) is 24.3 Å². The van der Waals surface area contributed by atoms with Gasteiger partial charge in [-0.15, -0.1) is 0 Å². The van der Waals surface area contributed by atoms with E-state index in [4.69, 9.17) is 14.2 Å². The Bertz CT molecular complexity index is 1120. The molecule has 1 heterocycles. The average Bonchev–Trinajstić information content (AvgIpc) is 3.29. The summed E-state index contributed by atoms with van der Waals surface area (Å²) in [6.45, 7) is 4.24. The van der Waals surface area contributed by atoms with E-state index in [1.165, 1.54) is 141 Å². The zero-order valence-corrected chi connectivity index (χ0v) is 41.0. The maximum atomic E-state index is 12.9. The number of aliphatic hydroxyl groups excluding tert-OH is 5. The molecular weight excluding hydrogens is 811 g/mol. The van der Waals surface area contributed by atoms with Crippen molar-refractivity contribution in [2.45, 2.75) is 281 Å². The predicted molar refractivity (Wildman–Crippen MR) is 260 cm³/mol. The molecule has 7 unspecified atom stereocenters. The van der Waals surface area contributed by atoms with Crippen molar-refractivity contribution in [3.8, 4) is 0 Å². The first-order valence-electron chi connectivity index (χ1n) is 26.6. The van der Waals surface area contributed by atoms with Crippen LogP contribution in [0.3, 0.4) is 0 Å². The lowest BCUT2D eigenvalue weighted by Crippen LogP contribution is -2.60. The minimum absolute atomic E-state index is 0.0164. The van der Waals surface area contributed by atoms with E-state index in [0.29, 0.717) is 19.4 Å². The van der Waals surface area contributed by atoms with E-state index >= 15 is 0 Å². The molecule has 1 aliphatic heterocycles. The van der Waals surface area contributed by atoms with Gasteiger partial charge in [-0.1, -0.05) is 205 Å². The van der Waals surface area contributed by atoms with Crippen molar-refractivity contribution in [1.29, 1.82) is 0 Å². The fraction of sp³-hybridized carbons (Fsp3) is 0.887. The first kappa shape index (κ1) is 60.2. The van der Waals surface area contributed by atoms with Gasteiger partial charge in [0.1, 0.15) is 24.4 Å². The lowest BCUT2D eigenvalue weighted by atomic mass is 9.99. The van der Waals surface area contributed by atoms with Gasteiger partial charge in [-0.2, -0.15) is 0 Å². The number of rotatable bonds is 45. The van der Waals surface area contributed by atoms with Gasteiger partial charge in [0.25, 0.3) is 0 Å². The van der Waals surface area contributed by atoms with Gasteiger partial charge >= 0.3 is 5.97 Å². The third-order valence-corrected chi connectivity index (χ3v) is 12.6. The van der Waals surface area contributed by atoms with Crippen molar-refractivity contribution in [2.24, 2.45) is 0 Å². The number of unbranched alkanes of at least 4 members (excludes halogenated alkanes) is 29. The smallest absolute Gasteiger partial charge is 0.305 e. The fourth-order valence-electron chi connectivity index (χ4n) is 8.27. The minimum Gasteiger partial charge on any atom is -0.466 e. The molecule has 11 nitrogen and oxygen atoms in total. The van der Waals surface area contributed by atoms with E-state index in [0.717, 1.165) is 70.6 Å². The average molecular weight is 910 g/mol. The number of carbonyl (C=O) groups excluding carboxylic acids is 2. The number of ether oxygens (including phenoxy) is 3. The van der Waals surface area contributed by atoms with E-state index in [9.17, 15) is 35.1 Å². The summed E-state index contributed by atoms with van der Waals surface area (Å²) in [7, 11) is 0. The van der Waals surface area contributed by atoms with Crippen LogP contribution in [0.2, 0.25) is 0 Å². The van der Waals surface area contributed by atoms with Crippen molar-refractivity contribution in [1.82, 2.24) is 5.32 Å². The maximum absolute atomic E-state index is 12.9. The van der Waals surface area contributed by atoms with Crippen molar-refractivity contribution < 1.29 is 49.3 Å². The zero-order valence-electron chi connectivity index (χ0n) is 41.0. The Hall–Kier alpha value is -1.86. The first-order chi connectivity index (χ1) is 31.2. The van der Waals surface area contributed by atoms with Gasteiger partial charge in [0, 0.05) is 12.8 Å². The van der Waals surface area contributed by atoms with Crippen molar-refractivity contribution >= 4 is 11.9 Å². The zero-order chi connectivity index (χ0) is 46.7. The summed E-state index contributed by atoms with van der Waals surface area (Å²) in [6, 6.07) is -0.830. The van der Waals surface area contributed by atoms with Crippen LogP contribution >= 0.6 is 0 Å². The molecular formula is C53H99NO10. The molecule has 0 spiro atoms. The van der Waals surface area contributed by atoms with Crippen LogP contribution in [-0.2, 0) is 23.8 Å². The van der Waals surface area contributed by atoms with Gasteiger partial charge in [0.05, 0.1) is 32.0 Å². The number of carbonyl (C=O) groups is 2. The molecule has 0 aromatic carbocycles. The quantitative estimate of drug-likeness (QED) is 0.0196. The molecule has 0 bridgehead atoms. The molecule has 0 radical (unpaired) electrons. The molecule has 1 fully saturated rings. The van der Waals surface area contributed by atoms with Crippen LogP contribution in [0, 0.1) is 0 Å². The van der Waals surface area contributed by atoms with Crippen LogP contribution in [0.4, 0.5) is 0 Å². The van der Waals surface area contributed by atoms with E-state index < -0.39 is 49.5 Å². The summed E-state index contributed by atoms with van der Waals surface area (Å²) in [6.07, 6.45) is 39.8. The molecule has 1 saturated heterocycles. The topological polar surface area (TPSA) is 175 Å². The predicted octanol–water partition coefficient (Wildman–Crippen LogP) is 11.0. The van der Waals surface area contributed by atoms with Crippen LogP contribution < -0.4 is 5.32 Å². The monoisotopic (exact) mass is 910 g/mol. The van der Waals surface area contributed by atoms with E-state index in [2.05, 4.69) is 31.3 Å². The lowest BCUT2D eigenvalue weighted by molar-refractivity contribution is -0.302. The number of esters is 1. The molecule has 1 aliphatic rings. The van der Waals surface area contributed by atoms with Crippen LogP contribution in [0.25, 0.3) is 0 Å². The van der Waals surface area contributed by atoms with Crippen molar-refractivity contribution in [3.63, 3.8) is 0 Å². The summed E-state index contributed by atoms with van der Waals surface area (Å²) >= 11 is 0. The number of nitrogens with one attached hydrogen (secondary N) is 1. The second kappa shape index (κ2) is 43.7. The Morgan fingerprint density at radius 2 is 1.02 bits per heavy atom. The lowest BCUT2D eigenvalue weighted by Gasteiger charge is -2.40. The molecule has 1 rings (SSSR count). The first-order valence-corrected chi connectivity index (χ1v) is 26.6. The third-order valence-electron chi connectivity index (χ3n) is 12.6. The second-order valence-corrected chi connectivity index (χ2v) is 18.6. The normalized spacial score (nSPS) is 20.0. The van der Waals surface area contributed by atoms with Gasteiger partial charge in [-0.25, -0.2) is 0 Å². The highest BCUT2D eigenvalue weighted by Crippen LogP contribution is 2.23. The molecule has 376 valence electrons. The number of aliphatic hydroxyl groups is 5. The van der Waals surface area contributed by atoms with Crippen LogP contribution in [0.5, 0.6) is 0 Å². The highest BCUT2D eigenvalue weighted by atomic mass is 16.7. The van der Waals surface area contributed by atoms with Gasteiger partial charge in [-0.3, -0.25) is 9.59 Å². The largest absolute Gasteiger partial charge is 0.466 e. The fourth-order valence-corrected chi connectivity index (χ4v) is 8.27. The van der Waals surface area contributed by atoms with E-state index in [1.807, 2.05) is 6.08 Å². The third kappa shape index (κ3) is 33.6. The second-order valence-electron chi connectivity index (χ2n) is 18.6. The van der Waals surface area contributed by atoms with Gasteiger partial charge in [0.2, 0.25) is 5.91 Å². The summed E-state index contributed by atoms with van der Waals surface area (Å²) in [5.74, 6) is -0.218. The van der Waals surface area contributed by atoms with Crippen LogP contribution in [0.1, 0.15) is 239 Å². The number of amides is 1. The van der Waals surface area contributed by atoms with Gasteiger partial charge in [-0.05, 0) is 44.9 Å². The highest BCUT2D eigenvalue weighted by molar-refractivity contribution is 5.76. The summed E-state index contributed by atoms with van der Waals surface area (Å²) in [5, 5.41) is 54.1. The SMILES string of the molecule is CCCCC/C=C/CC/C=C/C(O)C(COC1OC(CO)C(O)C(O)C1O)NC(=O)CCCCCCCCCCCCCCCCCCOC(=O)CCCCCCCCCCCCC. The van der Waals surface area contributed by atoms with Crippen molar-refractivity contribution in [2.75, 3.05) is 19.8 Å². The molecule has 6 N–H and O–H groups in total. The summed E-state index contributed by atoms with van der Waals surface area (Å²) in [5.41, 5.74) is 0. The molecule has 0 saturated carbocycles. The number of hydrogen-bond donors (Lipinski definition) is 6. The molecule has 0 aliphatic carbocycles. The Kier molecular flexibility index (Phi) is 41.1. The molecule has 11 heteroatoms. The summed E-state index contributed by atoms with van der Waals surface area (Å²) in [4.78, 5) is 25.0. The molecule has 7 atom stereocenters. The molecule has 1 amide bonds. The molecule has 0 aromatic heterocycles. The number of hydrogen-bond acceptors (Lipinski definition) is 10. The standard InChI is InChI=1S/C53H99NO10/c1-3-5-7-9-11-13-20-25-29-33-37-41-49(58)62-42-38-34-30-26-22-19-17-15-14-16-18-21-24-28-32-36-40-48(57)54-45(46(56)39-35-31-27-23-12-10-8-6-4-2)44-63-53-52(61)51(60)50(59)47(43-55)64-53/h12,23,35,39,45-47,50-53,55-56,59-61H,3-11,13-22,24-34,36-38,40-44H2,1-2H3,(H,54,57)/b23-12+,39-35+. The Balaban J connectivity index is 2.10. The number of allylic oxidation sites excluding steroid dienone is 3. The Labute approximate surface area is 391 Å². The van der Waals surface area contributed by atoms with E-state index in [-0.39, 0.29) is 18.5 Å². The van der Waals surface area contributed by atoms with E-state index in [1.54, 1.807) is 6.08 Å². The Morgan fingerprint density at radius 1 is 0.562 bits per heavy atom. The summed E-state index contributed by atoms with van der Waals surface area (Å²) < 4.78 is 16.6. The Morgan fingerprint density at radius 3 is 1.55 bits per heavy atom. The van der Waals surface area contributed by atoms with Crippen LogP contribution in [0.15, 0.2) is 24.3 Å². The molecule has 64 heavy (non-hydrogen) atoms.